The summed E-state index contributed by atoms with van der Waals surface area (Å²) in [4.78, 5) is 11.0. The molecule has 0 saturated carbocycles. The van der Waals surface area contributed by atoms with E-state index in [2.05, 4.69) is 5.32 Å². The molecule has 4 nitrogen and oxygen atoms in total. The van der Waals surface area contributed by atoms with Crippen LogP contribution in [0, 0.1) is 0 Å². The summed E-state index contributed by atoms with van der Waals surface area (Å²) in [5.74, 6) is 0.804. The highest BCUT2D eigenvalue weighted by molar-refractivity contribution is 6.08. The molecule has 0 aliphatic carbocycles. The van der Waals surface area contributed by atoms with E-state index in [4.69, 9.17) is 9.15 Å². The average molecular weight is 283 g/mol. The summed E-state index contributed by atoms with van der Waals surface area (Å²) < 4.78 is 10.9. The van der Waals surface area contributed by atoms with E-state index in [0.717, 1.165) is 39.5 Å². The number of nitrogens with one attached hydrogen (secondary N) is 1. The van der Waals surface area contributed by atoms with E-state index in [0.29, 0.717) is 6.54 Å². The van der Waals surface area contributed by atoms with Crippen molar-refractivity contribution in [1.82, 2.24) is 5.32 Å². The minimum Gasteiger partial charge on any atom is -0.497 e. The highest BCUT2D eigenvalue weighted by Crippen LogP contribution is 2.32. The Labute approximate surface area is 122 Å². The number of methoxy groups -OCH3 is 1. The first-order chi connectivity index (χ1) is 10.2. The van der Waals surface area contributed by atoms with Gasteiger partial charge in [-0.05, 0) is 35.4 Å². The van der Waals surface area contributed by atoms with Crippen molar-refractivity contribution in [1.29, 1.82) is 0 Å². The molecule has 0 radical (unpaired) electrons. The van der Waals surface area contributed by atoms with E-state index in [9.17, 15) is 4.79 Å². The fraction of sp³-hybridized carbons (Fsp3) is 0.235. The molecule has 0 atom stereocenters. The number of amides is 1. The molecule has 0 bridgehead atoms. The predicted molar refractivity (Wildman–Crippen MR) is 82.7 cm³/mol. The van der Waals surface area contributed by atoms with Gasteiger partial charge in [0.05, 0.1) is 13.4 Å². The van der Waals surface area contributed by atoms with Crippen molar-refractivity contribution in [2.75, 3.05) is 13.7 Å². The molecule has 2 aromatic carbocycles. The zero-order chi connectivity index (χ0) is 14.8. The van der Waals surface area contributed by atoms with Gasteiger partial charge in [0.15, 0.2) is 0 Å². The molecule has 1 aromatic heterocycles. The average Bonchev–Trinajstić information content (AvgIpc) is 2.90. The van der Waals surface area contributed by atoms with E-state index in [1.165, 1.54) is 6.92 Å². The third-order valence-corrected chi connectivity index (χ3v) is 3.61. The number of carbonyl (C=O) groups is 1. The Morgan fingerprint density at radius 3 is 2.86 bits per heavy atom. The summed E-state index contributed by atoms with van der Waals surface area (Å²) in [6.07, 6.45) is 2.51. The van der Waals surface area contributed by atoms with E-state index < -0.39 is 0 Å². The van der Waals surface area contributed by atoms with Crippen LogP contribution in [0.25, 0.3) is 21.7 Å². The summed E-state index contributed by atoms with van der Waals surface area (Å²) in [5, 5.41) is 6.16. The summed E-state index contributed by atoms with van der Waals surface area (Å²) >= 11 is 0. The molecule has 0 fully saturated rings. The molecule has 0 saturated heterocycles. The first-order valence-electron chi connectivity index (χ1n) is 6.90. The lowest BCUT2D eigenvalue weighted by molar-refractivity contribution is -0.118. The third kappa shape index (κ3) is 2.57. The van der Waals surface area contributed by atoms with Crippen molar-refractivity contribution in [2.24, 2.45) is 0 Å². The smallest absolute Gasteiger partial charge is 0.216 e. The number of hydrogen-bond acceptors (Lipinski definition) is 3. The lowest BCUT2D eigenvalue weighted by Crippen LogP contribution is -2.22. The Bertz CT molecular complexity index is 804. The number of benzene rings is 2. The zero-order valence-electron chi connectivity index (χ0n) is 12.1. The quantitative estimate of drug-likeness (QED) is 0.799. The molecule has 108 valence electrons. The lowest BCUT2D eigenvalue weighted by Gasteiger charge is -2.05. The standard InChI is InChI=1S/C17H17NO3/c1-11(19)18-8-7-13-10-21-16-6-4-12-3-5-14(20-2)9-15(12)17(13)16/h3-6,9-10H,7-8H2,1-2H3,(H,18,19). The molecule has 1 heterocycles. The highest BCUT2D eigenvalue weighted by Gasteiger charge is 2.10. The van der Waals surface area contributed by atoms with Gasteiger partial charge in [-0.25, -0.2) is 0 Å². The normalized spacial score (nSPS) is 11.0. The van der Waals surface area contributed by atoms with Crippen LogP contribution in [0.2, 0.25) is 0 Å². The first kappa shape index (κ1) is 13.5. The second-order valence-electron chi connectivity index (χ2n) is 5.02. The summed E-state index contributed by atoms with van der Waals surface area (Å²) in [6, 6.07) is 10.0. The number of fused-ring (bicyclic) bond motifs is 3. The Hall–Kier alpha value is -2.49. The minimum absolute atomic E-state index is 0.0191. The Morgan fingerprint density at radius 1 is 1.29 bits per heavy atom. The molecule has 3 aromatic rings. The topological polar surface area (TPSA) is 51.5 Å². The van der Waals surface area contributed by atoms with E-state index in [1.54, 1.807) is 13.4 Å². The van der Waals surface area contributed by atoms with Crippen LogP contribution in [0.15, 0.2) is 41.0 Å². The fourth-order valence-electron chi connectivity index (χ4n) is 2.59. The van der Waals surface area contributed by atoms with Gasteiger partial charge in [-0.1, -0.05) is 12.1 Å². The molecule has 4 heteroatoms. The van der Waals surface area contributed by atoms with Crippen LogP contribution >= 0.6 is 0 Å². The maximum atomic E-state index is 11.0. The Balaban J connectivity index is 2.08. The van der Waals surface area contributed by atoms with Gasteiger partial charge in [0.25, 0.3) is 0 Å². The fourth-order valence-corrected chi connectivity index (χ4v) is 2.59. The van der Waals surface area contributed by atoms with Crippen LogP contribution in [0.5, 0.6) is 5.75 Å². The van der Waals surface area contributed by atoms with Crippen LogP contribution in [-0.2, 0) is 11.2 Å². The van der Waals surface area contributed by atoms with Crippen molar-refractivity contribution in [2.45, 2.75) is 13.3 Å². The molecule has 0 aliphatic heterocycles. The van der Waals surface area contributed by atoms with E-state index in [-0.39, 0.29) is 5.91 Å². The summed E-state index contributed by atoms with van der Waals surface area (Å²) in [6.45, 7) is 2.12. The van der Waals surface area contributed by atoms with Gasteiger partial charge in [-0.2, -0.15) is 0 Å². The number of furan rings is 1. The number of hydrogen-bond donors (Lipinski definition) is 1. The molecule has 0 unspecified atom stereocenters. The summed E-state index contributed by atoms with van der Waals surface area (Å²) in [5.41, 5.74) is 1.95. The number of carbonyl (C=O) groups excluding carboxylic acids is 1. The Kier molecular flexibility index (Phi) is 3.52. The van der Waals surface area contributed by atoms with Gasteiger partial charge in [-0.15, -0.1) is 0 Å². The van der Waals surface area contributed by atoms with Crippen molar-refractivity contribution >= 4 is 27.6 Å². The van der Waals surface area contributed by atoms with Crippen LogP contribution in [0.3, 0.4) is 0 Å². The molecule has 1 amide bonds. The second kappa shape index (κ2) is 5.48. The SMILES string of the molecule is COc1ccc2ccc3occ(CCNC(C)=O)c3c2c1. The number of ether oxygens (including phenoxy) is 1. The third-order valence-electron chi connectivity index (χ3n) is 3.61. The van der Waals surface area contributed by atoms with Crippen LogP contribution in [-0.4, -0.2) is 19.6 Å². The maximum absolute atomic E-state index is 11.0. The van der Waals surface area contributed by atoms with Gasteiger partial charge in [0.2, 0.25) is 5.91 Å². The maximum Gasteiger partial charge on any atom is 0.216 e. The minimum atomic E-state index is -0.0191. The van der Waals surface area contributed by atoms with Gasteiger partial charge in [0.1, 0.15) is 11.3 Å². The van der Waals surface area contributed by atoms with Crippen molar-refractivity contribution in [3.63, 3.8) is 0 Å². The zero-order valence-corrected chi connectivity index (χ0v) is 12.1. The molecular formula is C17H17NO3. The van der Waals surface area contributed by atoms with E-state index in [1.807, 2.05) is 30.3 Å². The molecule has 0 spiro atoms. The first-order valence-corrected chi connectivity index (χ1v) is 6.90. The van der Waals surface area contributed by atoms with Crippen LogP contribution in [0.4, 0.5) is 0 Å². The monoisotopic (exact) mass is 283 g/mol. The lowest BCUT2D eigenvalue weighted by atomic mass is 10.0. The highest BCUT2D eigenvalue weighted by atomic mass is 16.5. The molecule has 0 aliphatic rings. The Morgan fingerprint density at radius 2 is 2.10 bits per heavy atom. The molecular weight excluding hydrogens is 266 g/mol. The molecule has 3 rings (SSSR count). The van der Waals surface area contributed by atoms with Gasteiger partial charge in [0, 0.05) is 24.4 Å². The number of rotatable bonds is 4. The van der Waals surface area contributed by atoms with E-state index >= 15 is 0 Å². The molecule has 1 N–H and O–H groups in total. The van der Waals surface area contributed by atoms with Crippen molar-refractivity contribution < 1.29 is 13.9 Å². The second-order valence-corrected chi connectivity index (χ2v) is 5.02. The van der Waals surface area contributed by atoms with Crippen molar-refractivity contribution in [3.05, 3.63) is 42.2 Å². The van der Waals surface area contributed by atoms with Gasteiger partial charge >= 0.3 is 0 Å². The van der Waals surface area contributed by atoms with Crippen LogP contribution in [0.1, 0.15) is 12.5 Å². The molecule has 21 heavy (non-hydrogen) atoms. The predicted octanol–water partition coefficient (Wildman–Crippen LogP) is 3.27. The van der Waals surface area contributed by atoms with Crippen molar-refractivity contribution in [3.8, 4) is 5.75 Å². The van der Waals surface area contributed by atoms with Gasteiger partial charge < -0.3 is 14.5 Å². The van der Waals surface area contributed by atoms with Gasteiger partial charge in [-0.3, -0.25) is 4.79 Å². The largest absolute Gasteiger partial charge is 0.497 e. The summed E-state index contributed by atoms with van der Waals surface area (Å²) in [7, 11) is 1.66. The van der Waals surface area contributed by atoms with Crippen LogP contribution < -0.4 is 10.1 Å².